The molecule has 0 bridgehead atoms. The highest BCUT2D eigenvalue weighted by Gasteiger charge is 2.74. The molecule has 3 rings (SSSR count). The molecule has 0 aromatic heterocycles. The molecule has 17 heavy (non-hydrogen) atoms. The molecule has 1 unspecified atom stereocenters. The molecule has 2 saturated heterocycles. The molecule has 4 nitrogen and oxygen atoms in total. The minimum Gasteiger partial charge on any atom is -0.444 e. The fourth-order valence-electron chi connectivity index (χ4n) is 3.50. The Labute approximate surface area is 102 Å². The minimum atomic E-state index is -0.406. The Hall–Kier alpha value is -0.770. The number of hydrogen-bond donors (Lipinski definition) is 0. The molecule has 0 N–H and O–H groups in total. The summed E-state index contributed by atoms with van der Waals surface area (Å²) in [7, 11) is 0. The Balaban J connectivity index is 1.65. The first-order valence-corrected chi connectivity index (χ1v) is 6.46. The van der Waals surface area contributed by atoms with E-state index in [1.54, 1.807) is 0 Å². The molecule has 1 saturated carbocycles. The van der Waals surface area contributed by atoms with E-state index in [-0.39, 0.29) is 11.7 Å². The second kappa shape index (κ2) is 3.16. The van der Waals surface area contributed by atoms with Crippen LogP contribution in [0.15, 0.2) is 0 Å². The highest BCUT2D eigenvalue weighted by Crippen LogP contribution is 2.65. The lowest BCUT2D eigenvalue weighted by Gasteiger charge is -2.45. The van der Waals surface area contributed by atoms with E-state index in [2.05, 4.69) is 6.92 Å². The number of carbonyl (C=O) groups excluding carboxylic acids is 1. The predicted octanol–water partition coefficient (Wildman–Crippen LogP) is 1.89. The lowest BCUT2D eigenvalue weighted by atomic mass is 9.89. The summed E-state index contributed by atoms with van der Waals surface area (Å²) < 4.78 is 11.2. The van der Waals surface area contributed by atoms with Crippen molar-refractivity contribution in [3.63, 3.8) is 0 Å². The van der Waals surface area contributed by atoms with Gasteiger partial charge >= 0.3 is 6.09 Å². The van der Waals surface area contributed by atoms with Crippen LogP contribution in [0.4, 0.5) is 4.79 Å². The van der Waals surface area contributed by atoms with Gasteiger partial charge in [0.1, 0.15) is 5.60 Å². The van der Waals surface area contributed by atoms with E-state index >= 15 is 0 Å². The van der Waals surface area contributed by atoms with Gasteiger partial charge in [-0.25, -0.2) is 4.79 Å². The summed E-state index contributed by atoms with van der Waals surface area (Å²) in [6.07, 6.45) is -0.169. The van der Waals surface area contributed by atoms with E-state index in [0.29, 0.717) is 17.8 Å². The number of hydrogen-bond acceptors (Lipinski definition) is 3. The normalized spacial score (nSPS) is 43.3. The Bertz CT molecular complexity index is 352. The highest BCUT2D eigenvalue weighted by atomic mass is 16.6. The zero-order chi connectivity index (χ0) is 12.4. The van der Waals surface area contributed by atoms with Gasteiger partial charge in [-0.1, -0.05) is 6.92 Å². The van der Waals surface area contributed by atoms with Crippen LogP contribution in [-0.4, -0.2) is 41.9 Å². The summed E-state index contributed by atoms with van der Waals surface area (Å²) in [5.74, 6) is 1.67. The third kappa shape index (κ3) is 1.49. The second-order valence-electron chi connectivity index (χ2n) is 6.64. The average Bonchev–Trinajstić information content (AvgIpc) is 2.75. The van der Waals surface area contributed by atoms with Gasteiger partial charge in [-0.2, -0.15) is 0 Å². The van der Waals surface area contributed by atoms with E-state index in [9.17, 15) is 4.79 Å². The van der Waals surface area contributed by atoms with Gasteiger partial charge in [0, 0.05) is 24.9 Å². The standard InChI is InChI=1S/C13H21NO3/c1-8-10-6-14(11(15)17-12(2,3)4)5-9-7-16-13(8,9)10/h8-10H,5-7H2,1-4H3/t8-,9+,10-,13?/m1/s1. The van der Waals surface area contributed by atoms with Gasteiger partial charge in [0.25, 0.3) is 0 Å². The number of nitrogens with zero attached hydrogens (tertiary/aromatic N) is 1. The van der Waals surface area contributed by atoms with Crippen LogP contribution in [0, 0.1) is 17.8 Å². The van der Waals surface area contributed by atoms with Gasteiger partial charge in [0.05, 0.1) is 12.2 Å². The quantitative estimate of drug-likeness (QED) is 0.648. The second-order valence-corrected chi connectivity index (χ2v) is 6.64. The zero-order valence-electron chi connectivity index (χ0n) is 11.0. The summed E-state index contributed by atoms with van der Waals surface area (Å²) in [5.41, 5.74) is -0.268. The highest BCUT2D eigenvalue weighted by molar-refractivity contribution is 5.68. The largest absolute Gasteiger partial charge is 0.444 e. The van der Waals surface area contributed by atoms with E-state index in [4.69, 9.17) is 9.47 Å². The molecule has 1 amide bonds. The van der Waals surface area contributed by atoms with Crippen molar-refractivity contribution in [3.8, 4) is 0 Å². The van der Waals surface area contributed by atoms with E-state index < -0.39 is 5.60 Å². The summed E-state index contributed by atoms with van der Waals surface area (Å²) in [5, 5.41) is 0. The molecule has 1 aliphatic carbocycles. The first kappa shape index (κ1) is 11.3. The van der Waals surface area contributed by atoms with Crippen molar-refractivity contribution in [1.29, 1.82) is 0 Å². The summed E-state index contributed by atoms with van der Waals surface area (Å²) in [4.78, 5) is 13.9. The van der Waals surface area contributed by atoms with Crippen molar-refractivity contribution in [2.45, 2.75) is 38.9 Å². The number of ether oxygens (including phenoxy) is 2. The molecular formula is C13H21NO3. The molecular weight excluding hydrogens is 218 g/mol. The monoisotopic (exact) mass is 239 g/mol. The molecule has 4 atom stereocenters. The van der Waals surface area contributed by atoms with Crippen LogP contribution in [0.25, 0.3) is 0 Å². The maximum Gasteiger partial charge on any atom is 0.410 e. The van der Waals surface area contributed by atoms with Crippen molar-refractivity contribution in [2.75, 3.05) is 19.7 Å². The van der Waals surface area contributed by atoms with Crippen LogP contribution in [0.5, 0.6) is 0 Å². The van der Waals surface area contributed by atoms with Crippen LogP contribution in [0.1, 0.15) is 27.7 Å². The number of piperidine rings is 1. The topological polar surface area (TPSA) is 38.8 Å². The first-order chi connectivity index (χ1) is 7.84. The number of rotatable bonds is 0. The Morgan fingerprint density at radius 3 is 2.59 bits per heavy atom. The Morgan fingerprint density at radius 1 is 1.41 bits per heavy atom. The van der Waals surface area contributed by atoms with Crippen molar-refractivity contribution in [2.24, 2.45) is 17.8 Å². The molecule has 0 radical (unpaired) electrons. The molecule has 4 heteroatoms. The molecule has 2 heterocycles. The van der Waals surface area contributed by atoms with Gasteiger partial charge < -0.3 is 14.4 Å². The van der Waals surface area contributed by atoms with Crippen molar-refractivity contribution in [3.05, 3.63) is 0 Å². The van der Waals surface area contributed by atoms with E-state index in [0.717, 1.165) is 19.7 Å². The summed E-state index contributed by atoms with van der Waals surface area (Å²) >= 11 is 0. The van der Waals surface area contributed by atoms with E-state index in [1.165, 1.54) is 0 Å². The molecule has 1 spiro atoms. The fourth-order valence-corrected chi connectivity index (χ4v) is 3.50. The SMILES string of the molecule is C[C@@H]1[C@H]2CN(C(=O)OC(C)(C)C)C[C@H]3COC312. The lowest BCUT2D eigenvalue weighted by molar-refractivity contribution is -0.174. The molecule has 3 aliphatic rings. The Morgan fingerprint density at radius 2 is 2.12 bits per heavy atom. The fraction of sp³-hybridized carbons (Fsp3) is 0.923. The van der Waals surface area contributed by atoms with E-state index in [1.807, 2.05) is 25.7 Å². The zero-order valence-corrected chi connectivity index (χ0v) is 11.0. The molecule has 96 valence electrons. The summed E-state index contributed by atoms with van der Waals surface area (Å²) in [6, 6.07) is 0. The maximum absolute atomic E-state index is 12.0. The minimum absolute atomic E-state index is 0.137. The van der Waals surface area contributed by atoms with Crippen LogP contribution >= 0.6 is 0 Å². The average molecular weight is 239 g/mol. The molecule has 2 aliphatic heterocycles. The van der Waals surface area contributed by atoms with Crippen LogP contribution < -0.4 is 0 Å². The summed E-state index contributed by atoms with van der Waals surface area (Å²) in [6.45, 7) is 10.4. The third-order valence-electron chi connectivity index (χ3n) is 4.47. The molecule has 0 aromatic carbocycles. The van der Waals surface area contributed by atoms with Crippen molar-refractivity contribution >= 4 is 6.09 Å². The van der Waals surface area contributed by atoms with Gasteiger partial charge in [0.2, 0.25) is 0 Å². The maximum atomic E-state index is 12.0. The van der Waals surface area contributed by atoms with Crippen LogP contribution in [-0.2, 0) is 9.47 Å². The van der Waals surface area contributed by atoms with Crippen molar-refractivity contribution < 1.29 is 14.3 Å². The van der Waals surface area contributed by atoms with Gasteiger partial charge in [-0.05, 0) is 26.7 Å². The first-order valence-electron chi connectivity index (χ1n) is 6.46. The van der Waals surface area contributed by atoms with Crippen molar-refractivity contribution in [1.82, 2.24) is 4.90 Å². The predicted molar refractivity (Wildman–Crippen MR) is 62.6 cm³/mol. The smallest absolute Gasteiger partial charge is 0.410 e. The van der Waals surface area contributed by atoms with Gasteiger partial charge in [-0.15, -0.1) is 0 Å². The molecule has 3 fully saturated rings. The van der Waals surface area contributed by atoms with Gasteiger partial charge in [-0.3, -0.25) is 0 Å². The number of likely N-dealkylation sites (tertiary alicyclic amines) is 1. The Kier molecular flexibility index (Phi) is 2.11. The third-order valence-corrected chi connectivity index (χ3v) is 4.47. The van der Waals surface area contributed by atoms with Gasteiger partial charge in [0.15, 0.2) is 0 Å². The van der Waals surface area contributed by atoms with Crippen LogP contribution in [0.3, 0.4) is 0 Å². The number of amides is 1. The van der Waals surface area contributed by atoms with Crippen LogP contribution in [0.2, 0.25) is 0 Å². The number of carbonyl (C=O) groups is 1. The molecule has 0 aromatic rings. The lowest BCUT2D eigenvalue weighted by Crippen LogP contribution is -2.57.